The Morgan fingerprint density at radius 1 is 1.00 bits per heavy atom. The molecule has 0 aliphatic carbocycles. The molecule has 0 aliphatic rings. The summed E-state index contributed by atoms with van der Waals surface area (Å²) >= 11 is 0. The lowest BCUT2D eigenvalue weighted by atomic mass is 9.95. The summed E-state index contributed by atoms with van der Waals surface area (Å²) in [5.74, 6) is -1.64. The number of benzene rings is 2. The Balaban J connectivity index is 2.41. The number of alkyl halides is 6. The first-order valence-corrected chi connectivity index (χ1v) is 9.32. The number of methoxy groups -OCH3 is 1. The van der Waals surface area contributed by atoms with Crippen LogP contribution in [0.1, 0.15) is 36.0 Å². The molecule has 0 N–H and O–H groups in total. The van der Waals surface area contributed by atoms with Gasteiger partial charge in [-0.25, -0.2) is 0 Å². The van der Waals surface area contributed by atoms with Gasteiger partial charge in [-0.3, -0.25) is 4.79 Å². The number of allylic oxidation sites excluding steroid dienone is 1. The van der Waals surface area contributed by atoms with Gasteiger partial charge < -0.3 is 14.2 Å². The number of ether oxygens (including phenoxy) is 3. The van der Waals surface area contributed by atoms with Gasteiger partial charge in [-0.1, -0.05) is 12.1 Å². The minimum atomic E-state index is -5.00. The fraction of sp³-hybridized carbons (Fsp3) is 0.318. The van der Waals surface area contributed by atoms with E-state index in [-0.39, 0.29) is 30.6 Å². The van der Waals surface area contributed by atoms with E-state index in [1.54, 1.807) is 6.92 Å². The van der Waals surface area contributed by atoms with Crippen molar-refractivity contribution in [2.24, 2.45) is 0 Å². The van der Waals surface area contributed by atoms with Crippen molar-refractivity contribution in [3.8, 4) is 17.2 Å². The minimum Gasteiger partial charge on any atom is -0.493 e. The molecule has 0 saturated carbocycles. The highest BCUT2D eigenvalue weighted by molar-refractivity contribution is 5.71. The third kappa shape index (κ3) is 6.41. The van der Waals surface area contributed by atoms with Crippen molar-refractivity contribution in [2.45, 2.75) is 31.6 Å². The second-order valence-electron chi connectivity index (χ2n) is 6.61. The molecule has 2 rings (SSSR count). The summed E-state index contributed by atoms with van der Waals surface area (Å²) in [6.45, 7) is 5.53. The Kier molecular flexibility index (Phi) is 7.82. The quantitative estimate of drug-likeness (QED) is 0.247. The predicted molar refractivity (Wildman–Crippen MR) is 104 cm³/mol. The van der Waals surface area contributed by atoms with Crippen molar-refractivity contribution in [1.29, 1.82) is 0 Å². The Morgan fingerprint density at radius 3 is 2.06 bits per heavy atom. The van der Waals surface area contributed by atoms with Gasteiger partial charge in [0.05, 0.1) is 31.3 Å². The van der Waals surface area contributed by atoms with Crippen LogP contribution in [0.2, 0.25) is 0 Å². The van der Waals surface area contributed by atoms with Crippen molar-refractivity contribution >= 4 is 5.97 Å². The third-order valence-corrected chi connectivity index (χ3v) is 4.38. The normalized spacial score (nSPS) is 12.8. The van der Waals surface area contributed by atoms with Crippen LogP contribution in [0.25, 0.3) is 0 Å². The largest absolute Gasteiger partial charge is 0.493 e. The van der Waals surface area contributed by atoms with Crippen LogP contribution in [0.4, 0.5) is 26.3 Å². The summed E-state index contributed by atoms with van der Waals surface area (Å²) in [6.07, 6.45) is -8.51. The first-order chi connectivity index (χ1) is 14.9. The van der Waals surface area contributed by atoms with Crippen molar-refractivity contribution in [2.75, 3.05) is 13.7 Å². The number of hydrogen-bond acceptors (Lipinski definition) is 4. The molecule has 0 aromatic heterocycles. The maximum Gasteiger partial charge on any atom is 0.416 e. The van der Waals surface area contributed by atoms with Gasteiger partial charge in [0.1, 0.15) is 5.75 Å². The van der Waals surface area contributed by atoms with Crippen LogP contribution in [-0.4, -0.2) is 19.7 Å². The fourth-order valence-electron chi connectivity index (χ4n) is 2.85. The van der Waals surface area contributed by atoms with E-state index in [9.17, 15) is 31.1 Å². The SMILES string of the molecule is C=CC(CC(=O)OCC)c1ccc(Oc2cc(C(F)(F)F)cc(C(F)(F)F)c2)c(OC)c1. The highest BCUT2D eigenvalue weighted by Crippen LogP contribution is 2.41. The molecule has 1 unspecified atom stereocenters. The molecule has 0 saturated heterocycles. The van der Waals surface area contributed by atoms with Gasteiger partial charge in [-0.15, -0.1) is 6.58 Å². The number of carbonyl (C=O) groups excluding carboxylic acids is 1. The molecule has 0 spiro atoms. The van der Waals surface area contributed by atoms with Crippen LogP contribution < -0.4 is 9.47 Å². The first kappa shape index (κ1) is 25.1. The van der Waals surface area contributed by atoms with Gasteiger partial charge in [-0.05, 0) is 42.8 Å². The van der Waals surface area contributed by atoms with E-state index in [1.165, 1.54) is 31.4 Å². The van der Waals surface area contributed by atoms with Crippen LogP contribution in [0.3, 0.4) is 0 Å². The van der Waals surface area contributed by atoms with E-state index in [0.29, 0.717) is 17.7 Å². The smallest absolute Gasteiger partial charge is 0.416 e. The highest BCUT2D eigenvalue weighted by atomic mass is 19.4. The zero-order valence-corrected chi connectivity index (χ0v) is 17.1. The molecular formula is C22H20F6O4. The van der Waals surface area contributed by atoms with Crippen molar-refractivity contribution in [3.05, 3.63) is 65.7 Å². The second-order valence-corrected chi connectivity index (χ2v) is 6.61. The average Bonchev–Trinajstić information content (AvgIpc) is 2.71. The van der Waals surface area contributed by atoms with Gasteiger partial charge in [0, 0.05) is 5.92 Å². The molecule has 32 heavy (non-hydrogen) atoms. The van der Waals surface area contributed by atoms with Crippen LogP contribution in [0.15, 0.2) is 49.1 Å². The lowest BCUT2D eigenvalue weighted by Gasteiger charge is -2.17. The molecule has 4 nitrogen and oxygen atoms in total. The monoisotopic (exact) mass is 462 g/mol. The summed E-state index contributed by atoms with van der Waals surface area (Å²) in [5, 5.41) is 0. The Labute approximate surface area is 180 Å². The molecule has 2 aromatic carbocycles. The van der Waals surface area contributed by atoms with Crippen LogP contribution >= 0.6 is 0 Å². The number of rotatable bonds is 8. The standard InChI is InChI=1S/C22H20F6O4/c1-4-13(9-20(29)31-5-2)14-6-7-18(19(8-14)30-3)32-17-11-15(21(23,24)25)10-16(12-17)22(26,27)28/h4,6-8,10-13H,1,5,9H2,2-3H3. The molecule has 0 bridgehead atoms. The Hall–Kier alpha value is -3.17. The van der Waals surface area contributed by atoms with Gasteiger partial charge in [0.15, 0.2) is 11.5 Å². The van der Waals surface area contributed by atoms with Gasteiger partial charge in [0.2, 0.25) is 0 Å². The molecule has 0 heterocycles. The number of hydrogen-bond donors (Lipinski definition) is 0. The lowest BCUT2D eigenvalue weighted by molar-refractivity contribution is -0.144. The topological polar surface area (TPSA) is 44.8 Å². The summed E-state index contributed by atoms with van der Waals surface area (Å²) in [7, 11) is 1.26. The predicted octanol–water partition coefficient (Wildman–Crippen LogP) is 6.75. The van der Waals surface area contributed by atoms with Crippen molar-refractivity contribution in [1.82, 2.24) is 0 Å². The lowest BCUT2D eigenvalue weighted by Crippen LogP contribution is -2.11. The van der Waals surface area contributed by atoms with E-state index < -0.39 is 41.1 Å². The van der Waals surface area contributed by atoms with Gasteiger partial charge in [-0.2, -0.15) is 26.3 Å². The summed E-state index contributed by atoms with van der Waals surface area (Å²) in [5.41, 5.74) is -2.43. The third-order valence-electron chi connectivity index (χ3n) is 4.38. The number of carbonyl (C=O) groups is 1. The summed E-state index contributed by atoms with van der Waals surface area (Å²) in [6, 6.07) is 5.23. The van der Waals surface area contributed by atoms with Crippen LogP contribution in [0, 0.1) is 0 Å². The Bertz CT molecular complexity index is 934. The maximum absolute atomic E-state index is 13.1. The molecule has 2 aromatic rings. The molecule has 0 amide bonds. The molecule has 0 radical (unpaired) electrons. The van der Waals surface area contributed by atoms with E-state index >= 15 is 0 Å². The first-order valence-electron chi connectivity index (χ1n) is 9.32. The van der Waals surface area contributed by atoms with E-state index in [1.807, 2.05) is 0 Å². The zero-order valence-electron chi connectivity index (χ0n) is 17.1. The maximum atomic E-state index is 13.1. The Morgan fingerprint density at radius 2 is 1.59 bits per heavy atom. The van der Waals surface area contributed by atoms with E-state index in [2.05, 4.69) is 6.58 Å². The highest BCUT2D eigenvalue weighted by Gasteiger charge is 2.37. The molecule has 0 fully saturated rings. The fourth-order valence-corrected chi connectivity index (χ4v) is 2.85. The minimum absolute atomic E-state index is 0.0106. The van der Waals surface area contributed by atoms with Gasteiger partial charge in [0.25, 0.3) is 0 Å². The van der Waals surface area contributed by atoms with Gasteiger partial charge >= 0.3 is 18.3 Å². The summed E-state index contributed by atoms with van der Waals surface area (Å²) < 4.78 is 93.8. The summed E-state index contributed by atoms with van der Waals surface area (Å²) in [4.78, 5) is 11.8. The molecule has 1 atom stereocenters. The molecule has 174 valence electrons. The average molecular weight is 462 g/mol. The van der Waals surface area contributed by atoms with E-state index in [0.717, 1.165) is 0 Å². The molecular weight excluding hydrogens is 442 g/mol. The second kappa shape index (κ2) is 9.97. The van der Waals surface area contributed by atoms with Crippen molar-refractivity contribution < 1.29 is 45.3 Å². The van der Waals surface area contributed by atoms with Crippen molar-refractivity contribution in [3.63, 3.8) is 0 Å². The number of esters is 1. The van der Waals surface area contributed by atoms with E-state index in [4.69, 9.17) is 14.2 Å². The molecule has 0 aliphatic heterocycles. The molecule has 10 heteroatoms. The van der Waals surface area contributed by atoms with Crippen LogP contribution in [0.5, 0.6) is 17.2 Å². The number of halogens is 6. The zero-order chi connectivity index (χ0) is 24.1. The van der Waals surface area contributed by atoms with Crippen LogP contribution in [-0.2, 0) is 21.9 Å².